The van der Waals surface area contributed by atoms with Crippen LogP contribution in [0.15, 0.2) is 24.0 Å². The number of primary amides is 1. The zero-order valence-electron chi connectivity index (χ0n) is 10.9. The molecule has 3 N–H and O–H groups in total. The first kappa shape index (κ1) is 13.1. The summed E-state index contributed by atoms with van der Waals surface area (Å²) in [7, 11) is 1.56. The molecule has 2 amide bonds. The molecular weight excluding hydrogens is 244 g/mol. The maximum absolute atomic E-state index is 12.0. The van der Waals surface area contributed by atoms with Gasteiger partial charge in [0.1, 0.15) is 5.76 Å². The Bertz CT molecular complexity index is 576. The van der Waals surface area contributed by atoms with E-state index in [1.807, 2.05) is 6.92 Å². The quantitative estimate of drug-likeness (QED) is 0.640. The number of hydrogen-bond acceptors (Lipinski definition) is 3. The molecule has 0 atom stereocenters. The molecule has 1 aromatic rings. The number of rotatable bonds is 4. The number of nitrogens with two attached hydrogens (primary N) is 1. The summed E-state index contributed by atoms with van der Waals surface area (Å²) < 4.78 is 5.31. The van der Waals surface area contributed by atoms with Gasteiger partial charge in [0.25, 0.3) is 5.91 Å². The van der Waals surface area contributed by atoms with Crippen LogP contribution in [0.3, 0.4) is 0 Å². The predicted octanol–water partition coefficient (Wildman–Crippen LogP) is 1.90. The van der Waals surface area contributed by atoms with Crippen LogP contribution in [0.2, 0.25) is 0 Å². The minimum atomic E-state index is -0.519. The van der Waals surface area contributed by atoms with Crippen molar-refractivity contribution in [2.45, 2.75) is 19.8 Å². The fraction of sp³-hybridized carbons (Fsp3) is 0.286. The van der Waals surface area contributed by atoms with Crippen molar-refractivity contribution in [3.63, 3.8) is 0 Å². The molecule has 19 heavy (non-hydrogen) atoms. The zero-order chi connectivity index (χ0) is 14.0. The molecule has 1 heterocycles. The minimum absolute atomic E-state index is 0.207. The number of fused-ring (bicyclic) bond motifs is 1. The molecule has 0 saturated carbocycles. The number of ether oxygens (including phenoxy) is 1. The lowest BCUT2D eigenvalue weighted by Crippen LogP contribution is -2.11. The van der Waals surface area contributed by atoms with E-state index in [0.717, 1.165) is 12.0 Å². The summed E-state index contributed by atoms with van der Waals surface area (Å²) in [5.74, 6) is -0.0671. The van der Waals surface area contributed by atoms with Crippen molar-refractivity contribution >= 4 is 23.1 Å². The summed E-state index contributed by atoms with van der Waals surface area (Å²) in [4.78, 5) is 23.2. The molecule has 0 bridgehead atoms. The van der Waals surface area contributed by atoms with E-state index in [1.54, 1.807) is 25.3 Å². The second-order valence-corrected chi connectivity index (χ2v) is 4.33. The van der Waals surface area contributed by atoms with E-state index < -0.39 is 5.91 Å². The Balaban J connectivity index is 2.53. The van der Waals surface area contributed by atoms with Crippen LogP contribution in [0.5, 0.6) is 0 Å². The van der Waals surface area contributed by atoms with Crippen molar-refractivity contribution in [1.29, 1.82) is 0 Å². The Morgan fingerprint density at radius 1 is 1.42 bits per heavy atom. The van der Waals surface area contributed by atoms with E-state index in [0.29, 0.717) is 29.0 Å². The van der Waals surface area contributed by atoms with Crippen LogP contribution < -0.4 is 11.1 Å². The second-order valence-electron chi connectivity index (χ2n) is 4.33. The van der Waals surface area contributed by atoms with Gasteiger partial charge in [0.05, 0.1) is 18.4 Å². The third-order valence-corrected chi connectivity index (χ3v) is 3.05. The number of hydrogen-bond donors (Lipinski definition) is 2. The fourth-order valence-corrected chi connectivity index (χ4v) is 2.16. The van der Waals surface area contributed by atoms with Gasteiger partial charge in [-0.15, -0.1) is 0 Å². The molecule has 0 aliphatic carbocycles. The molecule has 2 rings (SSSR count). The number of amides is 2. The number of allylic oxidation sites excluding steroid dienone is 1. The van der Waals surface area contributed by atoms with Crippen LogP contribution in [-0.4, -0.2) is 18.9 Å². The minimum Gasteiger partial charge on any atom is -0.500 e. The summed E-state index contributed by atoms with van der Waals surface area (Å²) in [6.07, 6.45) is 1.57. The van der Waals surface area contributed by atoms with Gasteiger partial charge in [-0.2, -0.15) is 0 Å². The Morgan fingerprint density at radius 3 is 2.74 bits per heavy atom. The third kappa shape index (κ3) is 2.31. The average Bonchev–Trinajstić information content (AvgIpc) is 2.71. The van der Waals surface area contributed by atoms with E-state index in [2.05, 4.69) is 5.32 Å². The Hall–Kier alpha value is -2.30. The monoisotopic (exact) mass is 260 g/mol. The molecule has 0 fully saturated rings. The maximum atomic E-state index is 12.0. The predicted molar refractivity (Wildman–Crippen MR) is 72.4 cm³/mol. The maximum Gasteiger partial charge on any atom is 0.259 e. The van der Waals surface area contributed by atoms with Crippen LogP contribution >= 0.6 is 0 Å². The topological polar surface area (TPSA) is 81.4 Å². The molecule has 0 unspecified atom stereocenters. The highest BCUT2D eigenvalue weighted by molar-refractivity contribution is 6.32. The molecule has 1 aliphatic rings. The Labute approximate surface area is 111 Å². The van der Waals surface area contributed by atoms with Crippen molar-refractivity contribution in [2.75, 3.05) is 12.4 Å². The first-order chi connectivity index (χ1) is 9.08. The van der Waals surface area contributed by atoms with Crippen LogP contribution in [0.25, 0.3) is 5.57 Å². The molecule has 5 heteroatoms. The summed E-state index contributed by atoms with van der Waals surface area (Å²) in [6, 6.07) is 4.92. The molecule has 0 spiro atoms. The number of carbonyl (C=O) groups excluding carboxylic acids is 2. The largest absolute Gasteiger partial charge is 0.500 e. The number of benzene rings is 1. The molecule has 1 aliphatic heterocycles. The first-order valence-corrected chi connectivity index (χ1v) is 6.11. The van der Waals surface area contributed by atoms with Gasteiger partial charge in [0.2, 0.25) is 5.91 Å². The van der Waals surface area contributed by atoms with E-state index >= 15 is 0 Å². The lowest BCUT2D eigenvalue weighted by atomic mass is 10.0. The number of carbonyl (C=O) groups is 2. The second kappa shape index (κ2) is 5.14. The zero-order valence-corrected chi connectivity index (χ0v) is 10.9. The smallest absolute Gasteiger partial charge is 0.259 e. The normalized spacial score (nSPS) is 15.8. The van der Waals surface area contributed by atoms with E-state index in [9.17, 15) is 9.59 Å². The standard InChI is InChI=1S/C14H16N2O3/c1-3-4-11(19-2)12-9-6-5-8(13(15)17)7-10(9)16-14(12)18/h5-7H,3-4H2,1-2H3,(H2,15,17)(H,16,18)/b12-11-. The van der Waals surface area contributed by atoms with Crippen molar-refractivity contribution < 1.29 is 14.3 Å². The summed E-state index contributed by atoms with van der Waals surface area (Å²) in [6.45, 7) is 2.02. The van der Waals surface area contributed by atoms with Gasteiger partial charge in [-0.1, -0.05) is 13.0 Å². The summed E-state index contributed by atoms with van der Waals surface area (Å²) >= 11 is 0. The van der Waals surface area contributed by atoms with Gasteiger partial charge >= 0.3 is 0 Å². The van der Waals surface area contributed by atoms with Crippen LogP contribution in [0, 0.1) is 0 Å². The number of methoxy groups -OCH3 is 1. The van der Waals surface area contributed by atoms with Crippen LogP contribution in [0.4, 0.5) is 5.69 Å². The number of nitrogens with one attached hydrogen (secondary N) is 1. The molecule has 1 aromatic carbocycles. The fourth-order valence-electron chi connectivity index (χ4n) is 2.16. The van der Waals surface area contributed by atoms with Crippen molar-refractivity contribution in [3.05, 3.63) is 35.1 Å². The van der Waals surface area contributed by atoms with Gasteiger partial charge in [-0.05, 0) is 18.6 Å². The van der Waals surface area contributed by atoms with Crippen molar-refractivity contribution in [3.8, 4) is 0 Å². The molecule has 5 nitrogen and oxygen atoms in total. The van der Waals surface area contributed by atoms with Crippen molar-refractivity contribution in [2.24, 2.45) is 5.73 Å². The highest BCUT2D eigenvalue weighted by Gasteiger charge is 2.28. The van der Waals surface area contributed by atoms with Gasteiger partial charge in [0.15, 0.2) is 0 Å². The third-order valence-electron chi connectivity index (χ3n) is 3.05. The molecule has 0 saturated heterocycles. The summed E-state index contributed by atoms with van der Waals surface area (Å²) in [5.41, 5.74) is 7.48. The molecule has 0 aromatic heterocycles. The van der Waals surface area contributed by atoms with E-state index in [4.69, 9.17) is 10.5 Å². The van der Waals surface area contributed by atoms with Gasteiger partial charge in [0, 0.05) is 17.5 Å². The first-order valence-electron chi connectivity index (χ1n) is 6.11. The van der Waals surface area contributed by atoms with Crippen LogP contribution in [-0.2, 0) is 9.53 Å². The lowest BCUT2D eigenvalue weighted by molar-refractivity contribution is -0.111. The highest BCUT2D eigenvalue weighted by Crippen LogP contribution is 2.35. The number of anilines is 1. The van der Waals surface area contributed by atoms with Gasteiger partial charge in [-0.25, -0.2) is 0 Å². The SMILES string of the molecule is CCC/C(OC)=C1/C(=O)Nc2cc(C(N)=O)ccc21. The average molecular weight is 260 g/mol. The van der Waals surface area contributed by atoms with Gasteiger partial charge in [-0.3, -0.25) is 9.59 Å². The highest BCUT2D eigenvalue weighted by atomic mass is 16.5. The molecular formula is C14H16N2O3. The van der Waals surface area contributed by atoms with Crippen LogP contribution in [0.1, 0.15) is 35.7 Å². The van der Waals surface area contributed by atoms with E-state index in [1.165, 1.54) is 0 Å². The van der Waals surface area contributed by atoms with E-state index in [-0.39, 0.29) is 5.91 Å². The van der Waals surface area contributed by atoms with Gasteiger partial charge < -0.3 is 15.8 Å². The van der Waals surface area contributed by atoms with Crippen molar-refractivity contribution in [1.82, 2.24) is 0 Å². The molecule has 0 radical (unpaired) electrons. The molecule has 100 valence electrons. The Morgan fingerprint density at radius 2 is 2.16 bits per heavy atom. The Kier molecular flexibility index (Phi) is 3.55. The summed E-state index contributed by atoms with van der Waals surface area (Å²) in [5, 5.41) is 2.73. The lowest BCUT2D eigenvalue weighted by Gasteiger charge is -2.08.